The number of alkyl halides is 3. The summed E-state index contributed by atoms with van der Waals surface area (Å²) in [5, 5.41) is 3.01. The van der Waals surface area contributed by atoms with E-state index in [0.29, 0.717) is 31.7 Å². The van der Waals surface area contributed by atoms with Crippen LogP contribution < -0.4 is 15.2 Å². The maximum Gasteiger partial charge on any atom is 0.419 e. The highest BCUT2D eigenvalue weighted by Gasteiger charge is 2.33. The molecule has 1 amide bonds. The van der Waals surface area contributed by atoms with E-state index in [1.54, 1.807) is 0 Å². The van der Waals surface area contributed by atoms with Gasteiger partial charge in [-0.3, -0.25) is 9.69 Å². The number of nitrogens with one attached hydrogen (secondary N) is 2. The zero-order valence-electron chi connectivity index (χ0n) is 15.4. The van der Waals surface area contributed by atoms with E-state index in [0.717, 1.165) is 29.1 Å². The molecule has 2 heterocycles. The summed E-state index contributed by atoms with van der Waals surface area (Å²) in [5.41, 5.74) is 2.24. The summed E-state index contributed by atoms with van der Waals surface area (Å²) in [4.78, 5) is 17.3. The predicted molar refractivity (Wildman–Crippen MR) is 97.5 cm³/mol. The number of carbonyl (C=O) groups is 1. The maximum atomic E-state index is 12.7. The Hall–Kier alpha value is -2.57. The van der Waals surface area contributed by atoms with E-state index in [-0.39, 0.29) is 11.8 Å². The normalized spacial score (nSPS) is 15.7. The van der Waals surface area contributed by atoms with Crippen LogP contribution in [0.15, 0.2) is 36.5 Å². The highest BCUT2D eigenvalue weighted by Crippen LogP contribution is 2.29. The monoisotopic (exact) mass is 378 g/mol. The van der Waals surface area contributed by atoms with E-state index < -0.39 is 11.7 Å². The van der Waals surface area contributed by atoms with Crippen LogP contribution in [0.4, 0.5) is 24.7 Å². The van der Waals surface area contributed by atoms with E-state index >= 15 is 0 Å². The van der Waals surface area contributed by atoms with Gasteiger partial charge in [0.1, 0.15) is 6.20 Å². The molecule has 0 saturated carbocycles. The number of hydrogen-bond acceptors (Lipinski definition) is 2. The largest absolute Gasteiger partial charge is 0.419 e. The lowest BCUT2D eigenvalue weighted by Gasteiger charge is -2.27. The molecule has 4 nitrogen and oxygen atoms in total. The van der Waals surface area contributed by atoms with Gasteiger partial charge in [-0.2, -0.15) is 13.2 Å². The van der Waals surface area contributed by atoms with Crippen LogP contribution in [0.1, 0.15) is 29.5 Å². The number of aromatic amines is 1. The smallest absolute Gasteiger partial charge is 0.326 e. The molecule has 144 valence electrons. The van der Waals surface area contributed by atoms with E-state index in [9.17, 15) is 18.0 Å². The van der Waals surface area contributed by atoms with Crippen molar-refractivity contribution in [1.29, 1.82) is 0 Å². The van der Waals surface area contributed by atoms with Crippen LogP contribution in [0.3, 0.4) is 0 Å². The molecule has 0 aliphatic carbocycles. The molecular weight excluding hydrogens is 355 g/mol. The Balaban J connectivity index is 1.58. The first-order chi connectivity index (χ1) is 12.7. The Morgan fingerprint density at radius 2 is 1.85 bits per heavy atom. The second-order valence-electron chi connectivity index (χ2n) is 7.03. The molecule has 7 heteroatoms. The first kappa shape index (κ1) is 19.2. The standard InChI is InChI=1S/C20H22F3N3O/c1-13-3-4-14(2)17(11-13)25-19(27)15-7-9-26(10-8-15)18-6-5-16(12-24-18)20(21,22)23/h3-6,11-12,15H,7-10H2,1-2H3,(H,25,27)/p+1. The Morgan fingerprint density at radius 3 is 2.44 bits per heavy atom. The second-order valence-corrected chi connectivity index (χ2v) is 7.03. The van der Waals surface area contributed by atoms with Gasteiger partial charge in [-0.1, -0.05) is 12.1 Å². The number of piperidine rings is 1. The molecule has 1 aromatic heterocycles. The van der Waals surface area contributed by atoms with Crippen LogP contribution >= 0.6 is 0 Å². The molecule has 0 radical (unpaired) electrons. The number of carbonyl (C=O) groups excluding carboxylic acids is 1. The molecule has 2 aromatic rings. The lowest BCUT2D eigenvalue weighted by atomic mass is 9.95. The number of benzene rings is 1. The first-order valence-electron chi connectivity index (χ1n) is 8.96. The molecule has 1 aliphatic heterocycles. The van der Waals surface area contributed by atoms with Gasteiger partial charge in [-0.25, -0.2) is 4.98 Å². The van der Waals surface area contributed by atoms with Crippen molar-refractivity contribution in [1.82, 2.24) is 0 Å². The number of nitrogens with zero attached hydrogens (tertiary/aromatic N) is 1. The average molecular weight is 378 g/mol. The minimum atomic E-state index is -4.35. The van der Waals surface area contributed by atoms with Crippen LogP contribution in [0.2, 0.25) is 0 Å². The van der Waals surface area contributed by atoms with Gasteiger partial charge < -0.3 is 5.32 Å². The van der Waals surface area contributed by atoms with Gasteiger partial charge in [-0.15, -0.1) is 0 Å². The topological polar surface area (TPSA) is 46.5 Å². The number of H-pyrrole nitrogens is 1. The Labute approximate surface area is 156 Å². The van der Waals surface area contributed by atoms with Crippen molar-refractivity contribution in [2.75, 3.05) is 23.3 Å². The van der Waals surface area contributed by atoms with Crippen LogP contribution in [0.5, 0.6) is 0 Å². The molecule has 3 rings (SSSR count). The van der Waals surface area contributed by atoms with Crippen molar-refractivity contribution in [3.63, 3.8) is 0 Å². The number of halogens is 3. The highest BCUT2D eigenvalue weighted by atomic mass is 19.4. The molecule has 2 N–H and O–H groups in total. The van der Waals surface area contributed by atoms with E-state index in [4.69, 9.17) is 0 Å². The molecule has 1 aromatic carbocycles. The number of hydrogen-bond donors (Lipinski definition) is 1. The zero-order valence-corrected chi connectivity index (χ0v) is 15.4. The van der Waals surface area contributed by atoms with Gasteiger partial charge in [-0.05, 0) is 49.9 Å². The fourth-order valence-corrected chi connectivity index (χ4v) is 3.28. The lowest BCUT2D eigenvalue weighted by molar-refractivity contribution is -0.367. The summed E-state index contributed by atoms with van der Waals surface area (Å²) < 4.78 is 38.0. The summed E-state index contributed by atoms with van der Waals surface area (Å²) in [6, 6.07) is 8.46. The third-order valence-corrected chi connectivity index (χ3v) is 4.98. The van der Waals surface area contributed by atoms with Crippen molar-refractivity contribution >= 4 is 17.4 Å². The van der Waals surface area contributed by atoms with Gasteiger partial charge in [0.05, 0.1) is 18.7 Å². The number of aryl methyl sites for hydroxylation is 2. The van der Waals surface area contributed by atoms with Crippen LogP contribution in [0, 0.1) is 19.8 Å². The van der Waals surface area contributed by atoms with Gasteiger partial charge >= 0.3 is 6.18 Å². The van der Waals surface area contributed by atoms with Crippen molar-refractivity contribution in [3.8, 4) is 0 Å². The van der Waals surface area contributed by atoms with E-state index in [1.165, 1.54) is 6.07 Å². The van der Waals surface area contributed by atoms with Crippen molar-refractivity contribution in [2.45, 2.75) is 32.9 Å². The van der Waals surface area contributed by atoms with Gasteiger partial charge in [0.2, 0.25) is 5.91 Å². The van der Waals surface area contributed by atoms with Gasteiger partial charge in [0.25, 0.3) is 5.82 Å². The van der Waals surface area contributed by atoms with Crippen LogP contribution in [-0.4, -0.2) is 19.0 Å². The minimum Gasteiger partial charge on any atom is -0.326 e. The molecule has 1 saturated heterocycles. The zero-order chi connectivity index (χ0) is 19.6. The lowest BCUT2D eigenvalue weighted by Crippen LogP contribution is -2.40. The number of amides is 1. The Morgan fingerprint density at radius 1 is 1.15 bits per heavy atom. The molecule has 1 fully saturated rings. The summed E-state index contributed by atoms with van der Waals surface area (Å²) in [6.45, 7) is 5.17. The summed E-state index contributed by atoms with van der Waals surface area (Å²) >= 11 is 0. The molecule has 0 spiro atoms. The quantitative estimate of drug-likeness (QED) is 0.878. The number of aromatic nitrogens is 1. The minimum absolute atomic E-state index is 0.000232. The highest BCUT2D eigenvalue weighted by molar-refractivity contribution is 5.93. The van der Waals surface area contributed by atoms with Crippen LogP contribution in [-0.2, 0) is 11.0 Å². The fourth-order valence-electron chi connectivity index (χ4n) is 3.28. The molecular formula is C20H23F3N3O+. The number of anilines is 2. The molecule has 0 bridgehead atoms. The first-order valence-corrected chi connectivity index (χ1v) is 8.96. The molecule has 0 unspecified atom stereocenters. The fraction of sp³-hybridized carbons (Fsp3) is 0.400. The summed E-state index contributed by atoms with van der Waals surface area (Å²) in [7, 11) is 0. The Kier molecular flexibility index (Phi) is 5.39. The summed E-state index contributed by atoms with van der Waals surface area (Å²) in [6.07, 6.45) is -2.06. The third kappa shape index (κ3) is 4.59. The number of rotatable bonds is 3. The van der Waals surface area contributed by atoms with Crippen molar-refractivity contribution in [3.05, 3.63) is 53.2 Å². The van der Waals surface area contributed by atoms with Gasteiger partial charge in [0.15, 0.2) is 0 Å². The Bertz CT molecular complexity index is 810. The SMILES string of the molecule is Cc1ccc(C)c(NC(=O)C2CCN(c3ccc(C(F)(F)F)c[nH+]3)CC2)c1. The molecule has 1 aliphatic rings. The molecule has 0 atom stereocenters. The number of pyridine rings is 1. The van der Waals surface area contributed by atoms with E-state index in [1.807, 2.05) is 36.9 Å². The molecule has 27 heavy (non-hydrogen) atoms. The maximum absolute atomic E-state index is 12.7. The predicted octanol–water partition coefficient (Wildman–Crippen LogP) is 3.99. The van der Waals surface area contributed by atoms with Crippen molar-refractivity contribution < 1.29 is 22.9 Å². The van der Waals surface area contributed by atoms with Gasteiger partial charge in [0, 0.05) is 17.7 Å². The summed E-state index contributed by atoms with van der Waals surface area (Å²) in [5.74, 6) is 0.534. The average Bonchev–Trinajstić information content (AvgIpc) is 2.64. The third-order valence-electron chi connectivity index (χ3n) is 4.98. The van der Waals surface area contributed by atoms with Crippen molar-refractivity contribution in [2.24, 2.45) is 5.92 Å². The second kappa shape index (κ2) is 7.58. The van der Waals surface area contributed by atoms with E-state index in [2.05, 4.69) is 10.3 Å². The van der Waals surface area contributed by atoms with Crippen LogP contribution in [0.25, 0.3) is 0 Å².